The quantitative estimate of drug-likeness (QED) is 0.622. The first-order valence-corrected chi connectivity index (χ1v) is 6.13. The molecular formula is C11H13ClF4N2OS. The van der Waals surface area contributed by atoms with Gasteiger partial charge in [0.15, 0.2) is 0 Å². The summed E-state index contributed by atoms with van der Waals surface area (Å²) in [5.41, 5.74) is 4.94. The number of alkyl halides is 4. The molecule has 114 valence electrons. The fraction of sp³-hybridized carbons (Fsp3) is 0.364. The summed E-state index contributed by atoms with van der Waals surface area (Å²) >= 11 is 0.339. The van der Waals surface area contributed by atoms with E-state index in [1.165, 1.54) is 24.3 Å². The van der Waals surface area contributed by atoms with Crippen LogP contribution in [0.4, 0.5) is 17.6 Å². The van der Waals surface area contributed by atoms with E-state index in [2.05, 4.69) is 0 Å². The third-order valence-corrected chi connectivity index (χ3v) is 2.87. The van der Waals surface area contributed by atoms with E-state index < -0.39 is 30.7 Å². The summed E-state index contributed by atoms with van der Waals surface area (Å²) in [4.78, 5) is 11.8. The number of hydrogen-bond acceptors (Lipinski definition) is 3. The van der Waals surface area contributed by atoms with Gasteiger partial charge in [0, 0.05) is 10.5 Å². The molecule has 0 radical (unpaired) electrons. The molecule has 0 bridgehead atoms. The van der Waals surface area contributed by atoms with Gasteiger partial charge in [0.25, 0.3) is 17.6 Å². The molecule has 1 rings (SSSR count). The van der Waals surface area contributed by atoms with Crippen molar-refractivity contribution in [2.75, 3.05) is 13.1 Å². The first-order valence-electron chi connectivity index (χ1n) is 5.25. The van der Waals surface area contributed by atoms with Crippen LogP contribution in [0.15, 0.2) is 29.2 Å². The van der Waals surface area contributed by atoms with E-state index in [1.807, 2.05) is 5.32 Å². The number of nitrogens with two attached hydrogens (primary N) is 1. The number of carbonyl (C=O) groups is 1. The van der Waals surface area contributed by atoms with E-state index in [1.54, 1.807) is 0 Å². The topological polar surface area (TPSA) is 55.1 Å². The fourth-order valence-electron chi connectivity index (χ4n) is 1.17. The van der Waals surface area contributed by atoms with Gasteiger partial charge in [-0.25, -0.2) is 8.78 Å². The first kappa shape index (κ1) is 19.0. The number of halogens is 5. The van der Waals surface area contributed by atoms with Crippen LogP contribution in [-0.4, -0.2) is 30.7 Å². The van der Waals surface area contributed by atoms with E-state index in [0.717, 1.165) is 0 Å². The molecular weight excluding hydrogens is 320 g/mol. The molecule has 0 unspecified atom stereocenters. The predicted molar refractivity (Wildman–Crippen MR) is 71.9 cm³/mol. The Morgan fingerprint density at radius 3 is 2.30 bits per heavy atom. The summed E-state index contributed by atoms with van der Waals surface area (Å²) in [6.45, 7) is -1.73. The second-order valence-corrected chi connectivity index (χ2v) is 4.71. The zero-order valence-corrected chi connectivity index (χ0v) is 11.7. The number of thioether (sulfide) groups is 1. The Morgan fingerprint density at radius 2 is 1.85 bits per heavy atom. The maximum atomic E-state index is 12.8. The van der Waals surface area contributed by atoms with Crippen molar-refractivity contribution in [3.63, 3.8) is 0 Å². The van der Waals surface area contributed by atoms with Crippen molar-refractivity contribution < 1.29 is 22.4 Å². The highest BCUT2D eigenvalue weighted by Gasteiger charge is 2.27. The summed E-state index contributed by atoms with van der Waals surface area (Å²) in [6, 6.07) is 5.24. The van der Waals surface area contributed by atoms with E-state index >= 15 is 0 Å². The van der Waals surface area contributed by atoms with Crippen molar-refractivity contribution in [3.8, 4) is 0 Å². The third kappa shape index (κ3) is 6.44. The standard InChI is InChI=1S/C11H12F4N2OS.ClH/c12-10(13)19-8-3-1-7(2-4-8)9(18)17-6-11(14,15)5-16;/h1-4,10H,5-6,16H2,(H,17,18);1H. The summed E-state index contributed by atoms with van der Waals surface area (Å²) in [5.74, 6) is -6.43. The molecule has 3 nitrogen and oxygen atoms in total. The molecule has 0 atom stereocenters. The van der Waals surface area contributed by atoms with Gasteiger partial charge in [0.2, 0.25) is 0 Å². The summed E-state index contributed by atoms with van der Waals surface area (Å²) in [5, 5.41) is 2.03. The molecule has 0 fully saturated rings. The van der Waals surface area contributed by atoms with Gasteiger partial charge in [-0.15, -0.1) is 12.4 Å². The number of carbonyl (C=O) groups excluding carboxylic acids is 1. The molecule has 1 amide bonds. The lowest BCUT2D eigenvalue weighted by atomic mass is 10.2. The highest BCUT2D eigenvalue weighted by Crippen LogP contribution is 2.25. The van der Waals surface area contributed by atoms with Crippen LogP contribution >= 0.6 is 24.2 Å². The molecule has 9 heteroatoms. The summed E-state index contributed by atoms with van der Waals surface area (Å²) in [7, 11) is 0. The number of nitrogens with one attached hydrogen (secondary N) is 1. The van der Waals surface area contributed by atoms with Crippen LogP contribution in [0.1, 0.15) is 10.4 Å². The van der Waals surface area contributed by atoms with E-state index in [-0.39, 0.29) is 18.0 Å². The van der Waals surface area contributed by atoms with Crippen molar-refractivity contribution in [1.29, 1.82) is 0 Å². The molecule has 0 saturated carbocycles. The molecule has 1 aromatic rings. The monoisotopic (exact) mass is 332 g/mol. The van der Waals surface area contributed by atoms with Gasteiger partial charge >= 0.3 is 0 Å². The minimum atomic E-state index is -3.17. The van der Waals surface area contributed by atoms with Gasteiger partial charge in [-0.05, 0) is 24.3 Å². The van der Waals surface area contributed by atoms with Crippen molar-refractivity contribution in [2.24, 2.45) is 5.73 Å². The van der Waals surface area contributed by atoms with Crippen LogP contribution in [0, 0.1) is 0 Å². The number of rotatable bonds is 6. The van der Waals surface area contributed by atoms with E-state index in [4.69, 9.17) is 5.73 Å². The number of hydrogen-bond donors (Lipinski definition) is 2. The molecule has 20 heavy (non-hydrogen) atoms. The molecule has 0 saturated heterocycles. The van der Waals surface area contributed by atoms with Gasteiger partial charge < -0.3 is 11.1 Å². The minimum Gasteiger partial charge on any atom is -0.346 e. The van der Waals surface area contributed by atoms with Gasteiger partial charge in [0.05, 0.1) is 13.1 Å². The predicted octanol–water partition coefficient (Wildman–Crippen LogP) is 2.75. The van der Waals surface area contributed by atoms with Crippen LogP contribution in [0.2, 0.25) is 0 Å². The van der Waals surface area contributed by atoms with Crippen LogP contribution in [0.3, 0.4) is 0 Å². The maximum Gasteiger partial charge on any atom is 0.288 e. The normalized spacial score (nSPS) is 11.1. The van der Waals surface area contributed by atoms with Crippen molar-refractivity contribution in [3.05, 3.63) is 29.8 Å². The largest absolute Gasteiger partial charge is 0.346 e. The Hall–Kier alpha value is -0.990. The molecule has 3 N–H and O–H groups in total. The molecule has 0 aromatic heterocycles. The lowest BCUT2D eigenvalue weighted by Gasteiger charge is -2.14. The highest BCUT2D eigenvalue weighted by atomic mass is 35.5. The number of benzene rings is 1. The molecule has 1 aromatic carbocycles. The molecule has 0 aliphatic heterocycles. The Kier molecular flexibility index (Phi) is 7.92. The molecule has 0 spiro atoms. The van der Waals surface area contributed by atoms with Crippen molar-refractivity contribution >= 4 is 30.1 Å². The zero-order chi connectivity index (χ0) is 14.5. The second-order valence-electron chi connectivity index (χ2n) is 3.65. The Bertz CT molecular complexity index is 431. The van der Waals surface area contributed by atoms with E-state index in [0.29, 0.717) is 16.7 Å². The summed E-state index contributed by atoms with van der Waals surface area (Å²) < 4.78 is 49.7. The number of amides is 1. The third-order valence-electron chi connectivity index (χ3n) is 2.15. The average Bonchev–Trinajstić information content (AvgIpc) is 2.36. The van der Waals surface area contributed by atoms with Crippen molar-refractivity contribution in [1.82, 2.24) is 5.32 Å². The van der Waals surface area contributed by atoms with Gasteiger partial charge in [-0.2, -0.15) is 8.78 Å². The highest BCUT2D eigenvalue weighted by molar-refractivity contribution is 7.99. The average molecular weight is 333 g/mol. The van der Waals surface area contributed by atoms with Crippen LogP contribution < -0.4 is 11.1 Å². The molecule has 0 heterocycles. The van der Waals surface area contributed by atoms with Crippen LogP contribution in [0.5, 0.6) is 0 Å². The zero-order valence-electron chi connectivity index (χ0n) is 10.1. The minimum absolute atomic E-state index is 0. The van der Waals surface area contributed by atoms with Crippen LogP contribution in [0.25, 0.3) is 0 Å². The van der Waals surface area contributed by atoms with E-state index in [9.17, 15) is 22.4 Å². The lowest BCUT2D eigenvalue weighted by Crippen LogP contribution is -2.41. The van der Waals surface area contributed by atoms with Gasteiger partial charge in [-0.1, -0.05) is 11.8 Å². The Labute approximate surface area is 123 Å². The van der Waals surface area contributed by atoms with Gasteiger partial charge in [-0.3, -0.25) is 4.79 Å². The first-order chi connectivity index (χ1) is 8.84. The Morgan fingerprint density at radius 1 is 1.30 bits per heavy atom. The van der Waals surface area contributed by atoms with Gasteiger partial charge in [0.1, 0.15) is 0 Å². The maximum absolute atomic E-state index is 12.8. The van der Waals surface area contributed by atoms with Crippen molar-refractivity contribution in [2.45, 2.75) is 16.6 Å². The Balaban J connectivity index is 0.00000361. The molecule has 0 aliphatic carbocycles. The lowest BCUT2D eigenvalue weighted by molar-refractivity contribution is 0.0118. The molecule has 0 aliphatic rings. The SMILES string of the molecule is Cl.NCC(F)(F)CNC(=O)c1ccc(SC(F)F)cc1. The second kappa shape index (κ2) is 8.33. The summed E-state index contributed by atoms with van der Waals surface area (Å²) in [6.07, 6.45) is 0. The fourth-order valence-corrected chi connectivity index (χ4v) is 1.67. The van der Waals surface area contributed by atoms with Crippen LogP contribution in [-0.2, 0) is 0 Å². The smallest absolute Gasteiger partial charge is 0.288 e.